The number of pyridine rings is 1. The number of anilines is 1. The second-order valence-corrected chi connectivity index (χ2v) is 6.86. The highest BCUT2D eigenvalue weighted by atomic mass is 35.5. The normalized spacial score (nSPS) is 21.4. The zero-order valence-corrected chi connectivity index (χ0v) is 16.2. The SMILES string of the molecule is Cl.O=C1C2CCCNC2N(c2cccc([N+](=O)[O-])c2)C(=O)N1Cc1ccncc1. The molecule has 3 heterocycles. The van der Waals surface area contributed by atoms with E-state index in [0.717, 1.165) is 12.0 Å². The molecule has 2 fully saturated rings. The summed E-state index contributed by atoms with van der Waals surface area (Å²) in [6.07, 6.45) is 4.19. The van der Waals surface area contributed by atoms with E-state index in [9.17, 15) is 19.7 Å². The quantitative estimate of drug-likeness (QED) is 0.605. The summed E-state index contributed by atoms with van der Waals surface area (Å²) < 4.78 is 0. The van der Waals surface area contributed by atoms with Crippen molar-refractivity contribution in [1.82, 2.24) is 15.2 Å². The fourth-order valence-electron chi connectivity index (χ4n) is 3.79. The average molecular weight is 418 g/mol. The summed E-state index contributed by atoms with van der Waals surface area (Å²) in [4.78, 5) is 43.7. The number of fused-ring (bicyclic) bond motifs is 1. The van der Waals surface area contributed by atoms with Crippen LogP contribution in [0.4, 0.5) is 16.2 Å². The van der Waals surface area contributed by atoms with Gasteiger partial charge in [-0.2, -0.15) is 0 Å². The number of nitrogens with one attached hydrogen (secondary N) is 1. The molecule has 152 valence electrons. The lowest BCUT2D eigenvalue weighted by Gasteiger charge is -2.46. The van der Waals surface area contributed by atoms with Gasteiger partial charge in [0.05, 0.1) is 23.1 Å². The lowest BCUT2D eigenvalue weighted by Crippen LogP contribution is -2.67. The summed E-state index contributed by atoms with van der Waals surface area (Å²) >= 11 is 0. The second kappa shape index (κ2) is 8.54. The number of nitro benzene ring substituents is 1. The first kappa shape index (κ1) is 20.7. The van der Waals surface area contributed by atoms with E-state index >= 15 is 0 Å². The number of hydrogen-bond donors (Lipinski definition) is 1. The number of imide groups is 1. The fraction of sp³-hybridized carbons (Fsp3) is 0.316. The van der Waals surface area contributed by atoms with Crippen LogP contribution in [-0.2, 0) is 11.3 Å². The Balaban J connectivity index is 0.00000240. The molecule has 0 spiro atoms. The van der Waals surface area contributed by atoms with E-state index in [1.54, 1.807) is 36.7 Å². The number of benzene rings is 1. The van der Waals surface area contributed by atoms with Crippen molar-refractivity contribution in [2.75, 3.05) is 11.4 Å². The van der Waals surface area contributed by atoms with E-state index in [1.807, 2.05) is 0 Å². The molecule has 2 atom stereocenters. The summed E-state index contributed by atoms with van der Waals surface area (Å²) in [5.41, 5.74) is 1.09. The molecule has 2 aliphatic heterocycles. The van der Waals surface area contributed by atoms with Crippen molar-refractivity contribution in [3.63, 3.8) is 0 Å². The third-order valence-electron chi connectivity index (χ3n) is 5.13. The van der Waals surface area contributed by atoms with Crippen molar-refractivity contribution in [2.45, 2.75) is 25.6 Å². The van der Waals surface area contributed by atoms with Crippen LogP contribution in [0, 0.1) is 16.0 Å². The van der Waals surface area contributed by atoms with Crippen molar-refractivity contribution in [3.05, 3.63) is 64.5 Å². The summed E-state index contributed by atoms with van der Waals surface area (Å²) in [7, 11) is 0. The number of carbonyl (C=O) groups is 2. The highest BCUT2D eigenvalue weighted by molar-refractivity contribution is 6.07. The number of nitrogens with zero attached hydrogens (tertiary/aromatic N) is 4. The Hall–Kier alpha value is -3.04. The van der Waals surface area contributed by atoms with Gasteiger partial charge in [0.1, 0.15) is 6.17 Å². The van der Waals surface area contributed by atoms with Crippen molar-refractivity contribution in [3.8, 4) is 0 Å². The van der Waals surface area contributed by atoms with Crippen LogP contribution in [-0.4, -0.2) is 39.5 Å². The van der Waals surface area contributed by atoms with Crippen LogP contribution in [0.25, 0.3) is 0 Å². The molecule has 0 radical (unpaired) electrons. The van der Waals surface area contributed by atoms with Crippen LogP contribution >= 0.6 is 12.4 Å². The number of halogens is 1. The highest BCUT2D eigenvalue weighted by Crippen LogP contribution is 2.34. The Bertz CT molecular complexity index is 926. The standard InChI is InChI=1S/C19H19N5O4.ClH/c25-18-16-5-2-8-21-17(16)23(14-3-1-4-15(11-14)24(27)28)19(26)22(18)12-13-6-9-20-10-7-13;/h1,3-4,6-7,9-11,16-17,21H,2,5,8,12H2;1H. The van der Waals surface area contributed by atoms with E-state index < -0.39 is 23.0 Å². The number of piperidine rings is 1. The maximum Gasteiger partial charge on any atom is 0.332 e. The summed E-state index contributed by atoms with van der Waals surface area (Å²) in [5.74, 6) is -0.617. The van der Waals surface area contributed by atoms with E-state index in [2.05, 4.69) is 10.3 Å². The minimum atomic E-state index is -0.510. The Morgan fingerprint density at radius 1 is 1.21 bits per heavy atom. The molecule has 1 N–H and O–H groups in total. The Morgan fingerprint density at radius 3 is 2.69 bits per heavy atom. The zero-order valence-electron chi connectivity index (χ0n) is 15.4. The van der Waals surface area contributed by atoms with Crippen molar-refractivity contribution in [1.29, 1.82) is 0 Å². The number of rotatable bonds is 4. The third-order valence-corrected chi connectivity index (χ3v) is 5.13. The Morgan fingerprint density at radius 2 is 1.97 bits per heavy atom. The van der Waals surface area contributed by atoms with Crippen LogP contribution in [0.3, 0.4) is 0 Å². The van der Waals surface area contributed by atoms with Crippen LogP contribution < -0.4 is 10.2 Å². The summed E-state index contributed by atoms with van der Waals surface area (Å²) in [5, 5.41) is 14.4. The minimum absolute atomic E-state index is 0. The first-order chi connectivity index (χ1) is 13.6. The van der Waals surface area contributed by atoms with Crippen molar-refractivity contribution < 1.29 is 14.5 Å². The average Bonchev–Trinajstić information content (AvgIpc) is 2.72. The lowest BCUT2D eigenvalue weighted by molar-refractivity contribution is -0.384. The molecule has 2 saturated heterocycles. The molecule has 0 bridgehead atoms. The number of aromatic nitrogens is 1. The molecule has 9 nitrogen and oxygen atoms in total. The van der Waals surface area contributed by atoms with Gasteiger partial charge in [-0.3, -0.25) is 35.0 Å². The van der Waals surface area contributed by atoms with Crippen molar-refractivity contribution in [2.24, 2.45) is 5.92 Å². The smallest absolute Gasteiger partial charge is 0.296 e. The highest BCUT2D eigenvalue weighted by Gasteiger charge is 2.47. The van der Waals surface area contributed by atoms with Crippen LogP contribution in [0.5, 0.6) is 0 Å². The molecule has 4 rings (SSSR count). The zero-order chi connectivity index (χ0) is 19.7. The van der Waals surface area contributed by atoms with Gasteiger partial charge in [0.2, 0.25) is 5.91 Å². The Kier molecular flexibility index (Phi) is 6.09. The summed E-state index contributed by atoms with van der Waals surface area (Å²) in [6, 6.07) is 8.96. The molecule has 1 aromatic carbocycles. The number of non-ortho nitro benzene ring substituents is 1. The van der Waals surface area contributed by atoms with Gasteiger partial charge >= 0.3 is 6.03 Å². The maximum atomic E-state index is 13.3. The van der Waals surface area contributed by atoms with Crippen molar-refractivity contribution >= 4 is 35.7 Å². The molecule has 0 aliphatic carbocycles. The number of urea groups is 1. The molecule has 29 heavy (non-hydrogen) atoms. The first-order valence-corrected chi connectivity index (χ1v) is 9.07. The molecular formula is C19H20ClN5O4. The topological polar surface area (TPSA) is 109 Å². The van der Waals surface area contributed by atoms with E-state index in [0.29, 0.717) is 18.7 Å². The number of amides is 3. The molecule has 2 aromatic rings. The number of hydrogen-bond acceptors (Lipinski definition) is 6. The molecular weight excluding hydrogens is 398 g/mol. The van der Waals surface area contributed by atoms with Gasteiger partial charge in [-0.1, -0.05) is 6.07 Å². The monoisotopic (exact) mass is 417 g/mol. The van der Waals surface area contributed by atoms with E-state index in [1.165, 1.54) is 21.9 Å². The van der Waals surface area contributed by atoms with Gasteiger partial charge in [0, 0.05) is 24.5 Å². The fourth-order valence-corrected chi connectivity index (χ4v) is 3.79. The molecule has 0 saturated carbocycles. The van der Waals surface area contributed by atoms with Crippen LogP contribution in [0.15, 0.2) is 48.8 Å². The van der Waals surface area contributed by atoms with Gasteiger partial charge in [-0.15, -0.1) is 12.4 Å². The second-order valence-electron chi connectivity index (χ2n) is 6.86. The first-order valence-electron chi connectivity index (χ1n) is 9.07. The van der Waals surface area contributed by atoms with Crippen LogP contribution in [0.2, 0.25) is 0 Å². The van der Waals surface area contributed by atoms with Gasteiger partial charge in [0.25, 0.3) is 5.69 Å². The predicted molar refractivity (Wildman–Crippen MR) is 108 cm³/mol. The predicted octanol–water partition coefficient (Wildman–Crippen LogP) is 2.71. The Labute approximate surface area is 173 Å². The molecule has 10 heteroatoms. The largest absolute Gasteiger partial charge is 0.332 e. The maximum absolute atomic E-state index is 13.3. The van der Waals surface area contributed by atoms with Gasteiger partial charge in [-0.05, 0) is 43.1 Å². The van der Waals surface area contributed by atoms with Gasteiger partial charge in [0.15, 0.2) is 0 Å². The summed E-state index contributed by atoms with van der Waals surface area (Å²) in [6.45, 7) is 0.812. The number of carbonyl (C=O) groups excluding carboxylic acids is 2. The van der Waals surface area contributed by atoms with Gasteiger partial charge < -0.3 is 0 Å². The lowest BCUT2D eigenvalue weighted by atomic mass is 9.91. The van der Waals surface area contributed by atoms with Crippen LogP contribution in [0.1, 0.15) is 18.4 Å². The van der Waals surface area contributed by atoms with Gasteiger partial charge in [-0.25, -0.2) is 4.79 Å². The minimum Gasteiger partial charge on any atom is -0.296 e. The molecule has 2 aliphatic rings. The molecule has 3 amide bonds. The number of nitro groups is 1. The third kappa shape index (κ3) is 3.92. The molecule has 1 aromatic heterocycles. The van der Waals surface area contributed by atoms with E-state index in [-0.39, 0.29) is 30.5 Å². The molecule has 2 unspecified atom stereocenters. The van der Waals surface area contributed by atoms with E-state index in [4.69, 9.17) is 0 Å².